The summed E-state index contributed by atoms with van der Waals surface area (Å²) in [5, 5.41) is 0. The van der Waals surface area contributed by atoms with E-state index in [1.165, 1.54) is 28.4 Å². The molecule has 0 aromatic heterocycles. The zero-order valence-corrected chi connectivity index (χ0v) is 22.5. The summed E-state index contributed by atoms with van der Waals surface area (Å²) in [5.41, 5.74) is 0. The third kappa shape index (κ3) is 6.88. The van der Waals surface area contributed by atoms with Gasteiger partial charge >= 0.3 is 15.6 Å². The fraction of sp³-hybridized carbons (Fsp3) is 1.00. The van der Waals surface area contributed by atoms with E-state index in [1.54, 1.807) is 0 Å². The fourth-order valence-electron chi connectivity index (χ4n) is 3.23. The summed E-state index contributed by atoms with van der Waals surface area (Å²) in [5.74, 6) is 0.0554. The van der Waals surface area contributed by atoms with E-state index in [1.807, 2.05) is 27.7 Å². The van der Waals surface area contributed by atoms with Gasteiger partial charge in [-0.3, -0.25) is 27.1 Å². The van der Waals surface area contributed by atoms with E-state index in [0.29, 0.717) is 0 Å². The molecule has 8 nitrogen and oxygen atoms in total. The smallest absolute Gasteiger partial charge is 0.290 e. The molecule has 2 unspecified atom stereocenters. The van der Waals surface area contributed by atoms with E-state index in [4.69, 9.17) is 27.1 Å². The first-order chi connectivity index (χ1) is 12.1. The topological polar surface area (TPSA) is 89.5 Å². The normalized spacial score (nSPS) is 32.7. The van der Waals surface area contributed by atoms with E-state index in [9.17, 15) is 9.13 Å². The molecule has 0 N–H and O–H groups in total. The van der Waals surface area contributed by atoms with Crippen LogP contribution in [0.3, 0.4) is 0 Å². The van der Waals surface area contributed by atoms with Crippen LogP contribution in [0, 0.1) is 23.7 Å². The van der Waals surface area contributed by atoms with Crippen LogP contribution in [0.1, 0.15) is 27.7 Å². The number of hydrogen-bond acceptors (Lipinski definition) is 8. The SMILES string of the molecule is COP(=O)(OC)OC1C(C)C(OP(=O)(OC)OC)[C@H](C)C(C)[C@H]1C.II. The first kappa shape index (κ1) is 27.7. The van der Waals surface area contributed by atoms with Crippen molar-refractivity contribution in [1.82, 2.24) is 0 Å². The van der Waals surface area contributed by atoms with Crippen molar-refractivity contribution in [1.29, 1.82) is 0 Å². The van der Waals surface area contributed by atoms with Gasteiger partial charge in [-0.2, -0.15) is 0 Å². The maximum atomic E-state index is 12.4. The van der Waals surface area contributed by atoms with E-state index in [0.717, 1.165) is 0 Å². The van der Waals surface area contributed by atoms with Gasteiger partial charge in [0.2, 0.25) is 0 Å². The van der Waals surface area contributed by atoms with Crippen LogP contribution in [-0.4, -0.2) is 40.6 Å². The maximum Gasteiger partial charge on any atom is 0.474 e. The zero-order chi connectivity index (χ0) is 20.7. The predicted octanol–water partition coefficient (Wildman–Crippen LogP) is 5.89. The van der Waals surface area contributed by atoms with Gasteiger partial charge in [0, 0.05) is 71.6 Å². The Morgan fingerprint density at radius 2 is 0.846 bits per heavy atom. The van der Waals surface area contributed by atoms with Gasteiger partial charge in [0.05, 0.1) is 12.2 Å². The average molecular weight is 642 g/mol. The van der Waals surface area contributed by atoms with Crippen molar-refractivity contribution in [3.8, 4) is 0 Å². The van der Waals surface area contributed by atoms with Crippen molar-refractivity contribution < 1.29 is 36.3 Å². The molecule has 0 spiro atoms. The highest BCUT2D eigenvalue weighted by molar-refractivity contribution is 15.0. The quantitative estimate of drug-likeness (QED) is 0.240. The second-order valence-electron chi connectivity index (χ2n) is 6.20. The summed E-state index contributed by atoms with van der Waals surface area (Å²) in [6, 6.07) is 0. The summed E-state index contributed by atoms with van der Waals surface area (Å²) < 4.78 is 55.7. The largest absolute Gasteiger partial charge is 0.474 e. The summed E-state index contributed by atoms with van der Waals surface area (Å²) in [6.45, 7) is 7.96. The molecule has 158 valence electrons. The summed E-state index contributed by atoms with van der Waals surface area (Å²) in [6.07, 6.45) is -0.928. The van der Waals surface area contributed by atoms with Crippen LogP contribution >= 0.6 is 52.9 Å². The molecule has 0 aromatic carbocycles. The molecule has 4 atom stereocenters. The Morgan fingerprint density at radius 3 is 1.08 bits per heavy atom. The number of hydrogen-bond donors (Lipinski definition) is 0. The molecule has 0 amide bonds. The number of phosphoric ester groups is 2. The van der Waals surface area contributed by atoms with Gasteiger partial charge in [0.1, 0.15) is 0 Å². The molecule has 1 aliphatic carbocycles. The van der Waals surface area contributed by atoms with Crippen molar-refractivity contribution in [2.24, 2.45) is 23.7 Å². The van der Waals surface area contributed by atoms with Crippen molar-refractivity contribution >= 4 is 52.9 Å². The van der Waals surface area contributed by atoms with Crippen molar-refractivity contribution in [2.75, 3.05) is 28.4 Å². The van der Waals surface area contributed by atoms with Crippen molar-refractivity contribution in [3.05, 3.63) is 0 Å². The van der Waals surface area contributed by atoms with Crippen LogP contribution < -0.4 is 0 Å². The van der Waals surface area contributed by atoms with Gasteiger partial charge in [-0.1, -0.05) is 27.7 Å². The molecule has 0 radical (unpaired) electrons. The molecule has 0 aromatic rings. The fourth-order valence-corrected chi connectivity index (χ4v) is 5.23. The summed E-state index contributed by atoms with van der Waals surface area (Å²) in [4.78, 5) is 0. The molecule has 1 aliphatic rings. The lowest BCUT2D eigenvalue weighted by Crippen LogP contribution is -2.50. The van der Waals surface area contributed by atoms with Crippen LogP contribution in [0.25, 0.3) is 0 Å². The average Bonchev–Trinajstić information content (AvgIpc) is 2.68. The first-order valence-corrected chi connectivity index (χ1v) is 17.2. The first-order valence-electron chi connectivity index (χ1n) is 8.02. The lowest BCUT2D eigenvalue weighted by molar-refractivity contribution is -0.0961. The lowest BCUT2D eigenvalue weighted by atomic mass is 9.67. The zero-order valence-electron chi connectivity index (χ0n) is 16.4. The molecule has 0 bridgehead atoms. The third-order valence-electron chi connectivity index (χ3n) is 5.13. The molecule has 1 fully saturated rings. The van der Waals surface area contributed by atoms with E-state index < -0.39 is 27.9 Å². The van der Waals surface area contributed by atoms with Crippen LogP contribution in [0.4, 0.5) is 0 Å². The highest BCUT2D eigenvalue weighted by atomic mass is 128. The minimum Gasteiger partial charge on any atom is -0.290 e. The number of rotatable bonds is 8. The second-order valence-corrected chi connectivity index (χ2v) is 9.87. The van der Waals surface area contributed by atoms with Crippen LogP contribution in [0.5, 0.6) is 0 Å². The summed E-state index contributed by atoms with van der Waals surface area (Å²) >= 11 is 4.24. The molecule has 12 heteroatoms. The molecule has 0 aliphatic heterocycles. The molecule has 0 heterocycles. The van der Waals surface area contributed by atoms with E-state index in [-0.39, 0.29) is 23.7 Å². The Balaban J connectivity index is 0.00000301. The Kier molecular flexibility index (Phi) is 13.2. The predicted molar refractivity (Wildman–Crippen MR) is 118 cm³/mol. The Labute approximate surface area is 180 Å². The third-order valence-corrected chi connectivity index (χ3v) is 7.92. The molecular formula is C14H30I2O8P2. The van der Waals surface area contributed by atoms with Crippen LogP contribution in [-0.2, 0) is 36.3 Å². The van der Waals surface area contributed by atoms with Crippen molar-refractivity contribution in [2.45, 2.75) is 39.9 Å². The summed E-state index contributed by atoms with van der Waals surface area (Å²) in [7, 11) is -2.22. The molecule has 1 rings (SSSR count). The van der Waals surface area contributed by atoms with Crippen molar-refractivity contribution in [3.63, 3.8) is 0 Å². The molecule has 26 heavy (non-hydrogen) atoms. The minimum absolute atomic E-state index is 0.0675. The van der Waals surface area contributed by atoms with Gasteiger partial charge in [-0.25, -0.2) is 9.13 Å². The molecule has 0 saturated heterocycles. The maximum absolute atomic E-state index is 12.4. The number of halogens is 2. The van der Waals surface area contributed by atoms with Crippen LogP contribution in [0.2, 0.25) is 0 Å². The second kappa shape index (κ2) is 12.4. The standard InChI is InChI=1S/C14H30O8P2.I2/c1-9-10(2)13(21-23(15,17-5)18-6)12(4)14(11(9)3)22-24(16,19-7)20-8;1-2/h9-14H,1-8H3;/t9?,10-,11-,12?,13?,14?;/m1./s1. The van der Waals surface area contributed by atoms with Gasteiger partial charge in [-0.15, -0.1) is 0 Å². The van der Waals surface area contributed by atoms with Gasteiger partial charge in [0.25, 0.3) is 0 Å². The monoisotopic (exact) mass is 642 g/mol. The van der Waals surface area contributed by atoms with Crippen LogP contribution in [0.15, 0.2) is 0 Å². The van der Waals surface area contributed by atoms with Gasteiger partial charge < -0.3 is 0 Å². The van der Waals surface area contributed by atoms with Gasteiger partial charge in [-0.05, 0) is 17.8 Å². The Hall–Kier alpha value is 1.68. The van der Waals surface area contributed by atoms with Gasteiger partial charge in [0.15, 0.2) is 0 Å². The molecular weight excluding hydrogens is 612 g/mol. The Morgan fingerprint density at radius 1 is 0.577 bits per heavy atom. The lowest BCUT2D eigenvalue weighted by Gasteiger charge is -2.47. The van der Waals surface area contributed by atoms with E-state index in [2.05, 4.69) is 37.2 Å². The minimum atomic E-state index is -3.65. The Bertz CT molecular complexity index is 451. The highest BCUT2D eigenvalue weighted by Gasteiger charge is 2.49. The highest BCUT2D eigenvalue weighted by Crippen LogP contribution is 2.57. The number of phosphoric acid groups is 2. The molecule has 1 saturated carbocycles. The van der Waals surface area contributed by atoms with E-state index >= 15 is 0 Å².